The number of esters is 1. The fourth-order valence-corrected chi connectivity index (χ4v) is 3.20. The summed E-state index contributed by atoms with van der Waals surface area (Å²) >= 11 is 0. The Bertz CT molecular complexity index is 529. The van der Waals surface area contributed by atoms with Gasteiger partial charge in [-0.15, -0.1) is 0 Å². The molecule has 0 bridgehead atoms. The molecule has 3 aliphatic heterocycles. The molecule has 0 spiro atoms. The first-order valence-corrected chi connectivity index (χ1v) is 9.16. The number of carbonyl (C=O) groups excluding carboxylic acids is 1. The second-order valence-electron chi connectivity index (χ2n) is 7.73. The van der Waals surface area contributed by atoms with E-state index in [1.165, 1.54) is 0 Å². The Morgan fingerprint density at radius 2 is 2.00 bits per heavy atom. The lowest BCUT2D eigenvalue weighted by Crippen LogP contribution is -2.51. The lowest BCUT2D eigenvalue weighted by Gasteiger charge is -2.35. The highest BCUT2D eigenvalue weighted by Gasteiger charge is 2.55. The minimum Gasteiger partial charge on any atom is -0.465 e. The average Bonchev–Trinajstić information content (AvgIpc) is 3.08. The lowest BCUT2D eigenvalue weighted by molar-refractivity contribution is -0.147. The van der Waals surface area contributed by atoms with Crippen LogP contribution in [0.3, 0.4) is 0 Å². The van der Waals surface area contributed by atoms with Gasteiger partial charge in [0.25, 0.3) is 0 Å². The standard InChI is InChI=1S/C17H29BN2O5/c1-6-22-15(21)12-11-13(18-24-16(2,3)17(4,5)25-18)20(19-12)14-9-7-8-10-23-14/h11-12,14,19H,6-10H2,1-5H3. The number of carbonyl (C=O) groups is 1. The van der Waals surface area contributed by atoms with Crippen molar-refractivity contribution in [2.24, 2.45) is 0 Å². The Labute approximate surface area is 150 Å². The molecule has 0 saturated carbocycles. The van der Waals surface area contributed by atoms with Crippen molar-refractivity contribution in [1.82, 2.24) is 10.4 Å². The molecular formula is C17H29BN2O5. The molecule has 140 valence electrons. The fraction of sp³-hybridized carbons (Fsp3) is 0.824. The molecule has 3 heterocycles. The molecule has 2 fully saturated rings. The molecule has 3 rings (SSSR count). The second kappa shape index (κ2) is 6.91. The summed E-state index contributed by atoms with van der Waals surface area (Å²) in [5, 5.41) is 1.89. The Morgan fingerprint density at radius 1 is 1.32 bits per heavy atom. The Kier molecular flexibility index (Phi) is 5.17. The zero-order valence-electron chi connectivity index (χ0n) is 15.8. The second-order valence-corrected chi connectivity index (χ2v) is 7.73. The molecular weight excluding hydrogens is 323 g/mol. The molecule has 25 heavy (non-hydrogen) atoms. The fourth-order valence-electron chi connectivity index (χ4n) is 3.20. The number of rotatable bonds is 4. The van der Waals surface area contributed by atoms with E-state index >= 15 is 0 Å². The van der Waals surface area contributed by atoms with Crippen LogP contribution in [0.4, 0.5) is 0 Å². The molecule has 7 nitrogen and oxygen atoms in total. The maximum Gasteiger partial charge on any atom is 0.513 e. The van der Waals surface area contributed by atoms with Crippen molar-refractivity contribution in [3.05, 3.63) is 11.7 Å². The van der Waals surface area contributed by atoms with Gasteiger partial charge in [0.1, 0.15) is 12.3 Å². The summed E-state index contributed by atoms with van der Waals surface area (Å²) in [4.78, 5) is 12.2. The number of nitrogens with zero attached hydrogens (tertiary/aromatic N) is 1. The third-order valence-electron chi connectivity index (χ3n) is 5.37. The smallest absolute Gasteiger partial charge is 0.465 e. The maximum absolute atomic E-state index is 12.2. The highest BCUT2D eigenvalue weighted by Crippen LogP contribution is 2.40. The Balaban J connectivity index is 1.83. The molecule has 0 aromatic rings. The highest BCUT2D eigenvalue weighted by atomic mass is 16.7. The zero-order chi connectivity index (χ0) is 18.2. The van der Waals surface area contributed by atoms with Crippen LogP contribution in [0.15, 0.2) is 11.7 Å². The van der Waals surface area contributed by atoms with E-state index in [0.29, 0.717) is 13.2 Å². The molecule has 0 aromatic heterocycles. The predicted molar refractivity (Wildman–Crippen MR) is 93.2 cm³/mol. The van der Waals surface area contributed by atoms with Gasteiger partial charge in [-0.05, 0) is 60.0 Å². The van der Waals surface area contributed by atoms with Crippen LogP contribution in [0, 0.1) is 0 Å². The van der Waals surface area contributed by atoms with Crippen LogP contribution in [0.1, 0.15) is 53.9 Å². The van der Waals surface area contributed by atoms with Crippen molar-refractivity contribution < 1.29 is 23.6 Å². The molecule has 0 aliphatic carbocycles. The van der Waals surface area contributed by atoms with Crippen molar-refractivity contribution >= 4 is 13.1 Å². The number of hydrogen-bond donors (Lipinski definition) is 1. The first-order valence-electron chi connectivity index (χ1n) is 9.16. The zero-order valence-corrected chi connectivity index (χ0v) is 15.8. The van der Waals surface area contributed by atoms with Crippen LogP contribution in [0.5, 0.6) is 0 Å². The van der Waals surface area contributed by atoms with Crippen LogP contribution in [0.2, 0.25) is 0 Å². The van der Waals surface area contributed by atoms with Gasteiger partial charge < -0.3 is 18.8 Å². The Morgan fingerprint density at radius 3 is 2.56 bits per heavy atom. The van der Waals surface area contributed by atoms with Gasteiger partial charge in [0.05, 0.1) is 23.4 Å². The predicted octanol–water partition coefficient (Wildman–Crippen LogP) is 1.78. The monoisotopic (exact) mass is 352 g/mol. The SMILES string of the molecule is CCOC(=O)C1C=C(B2OC(C)(C)C(C)(C)O2)N(C2CCCCO2)N1. The molecule has 8 heteroatoms. The van der Waals surface area contributed by atoms with Gasteiger partial charge in [-0.1, -0.05) is 0 Å². The molecule has 2 unspecified atom stereocenters. The van der Waals surface area contributed by atoms with Crippen molar-refractivity contribution in [2.75, 3.05) is 13.2 Å². The van der Waals surface area contributed by atoms with Crippen LogP contribution in [0.25, 0.3) is 0 Å². The van der Waals surface area contributed by atoms with Gasteiger partial charge in [-0.25, -0.2) is 10.2 Å². The van der Waals surface area contributed by atoms with Crippen LogP contribution < -0.4 is 5.43 Å². The topological polar surface area (TPSA) is 69.3 Å². The summed E-state index contributed by atoms with van der Waals surface area (Å²) in [6.45, 7) is 10.9. The minimum absolute atomic E-state index is 0.140. The van der Waals surface area contributed by atoms with Crippen LogP contribution in [-0.2, 0) is 23.6 Å². The van der Waals surface area contributed by atoms with Crippen molar-refractivity contribution in [2.45, 2.75) is 77.4 Å². The van der Waals surface area contributed by atoms with Crippen molar-refractivity contribution in [1.29, 1.82) is 0 Å². The van der Waals surface area contributed by atoms with Gasteiger partial charge in [-0.3, -0.25) is 5.01 Å². The molecule has 3 aliphatic rings. The van der Waals surface area contributed by atoms with Gasteiger partial charge >= 0.3 is 13.1 Å². The van der Waals surface area contributed by atoms with Gasteiger partial charge in [0.2, 0.25) is 0 Å². The summed E-state index contributed by atoms with van der Waals surface area (Å²) in [6.07, 6.45) is 4.72. The maximum atomic E-state index is 12.2. The quantitative estimate of drug-likeness (QED) is 0.611. The molecule has 0 amide bonds. The number of hydrazine groups is 1. The Hall–Kier alpha value is -1.09. The normalized spacial score (nSPS) is 31.2. The van der Waals surface area contributed by atoms with E-state index in [9.17, 15) is 4.79 Å². The minimum atomic E-state index is -0.556. The summed E-state index contributed by atoms with van der Waals surface area (Å²) in [7, 11) is -0.553. The van der Waals surface area contributed by atoms with E-state index in [4.69, 9.17) is 18.8 Å². The first kappa shape index (κ1) is 18.7. The van der Waals surface area contributed by atoms with Crippen molar-refractivity contribution in [3.63, 3.8) is 0 Å². The summed E-state index contributed by atoms with van der Waals surface area (Å²) < 4.78 is 23.4. The van der Waals surface area contributed by atoms with Crippen LogP contribution >= 0.6 is 0 Å². The van der Waals surface area contributed by atoms with E-state index in [1.807, 2.05) is 38.8 Å². The van der Waals surface area contributed by atoms with Crippen molar-refractivity contribution in [3.8, 4) is 0 Å². The molecule has 0 aromatic carbocycles. The number of nitrogens with one attached hydrogen (secondary N) is 1. The number of ether oxygens (including phenoxy) is 2. The van der Waals surface area contributed by atoms with E-state index in [2.05, 4.69) is 5.43 Å². The van der Waals surface area contributed by atoms with Gasteiger partial charge in [0.15, 0.2) is 0 Å². The average molecular weight is 352 g/mol. The molecule has 2 saturated heterocycles. The third kappa shape index (κ3) is 3.58. The lowest BCUT2D eigenvalue weighted by atomic mass is 9.83. The summed E-state index contributed by atoms with van der Waals surface area (Å²) in [6, 6.07) is -0.556. The van der Waals surface area contributed by atoms with Gasteiger partial charge in [-0.2, -0.15) is 0 Å². The summed E-state index contributed by atoms with van der Waals surface area (Å²) in [5.74, 6) is -0.310. The third-order valence-corrected chi connectivity index (χ3v) is 5.37. The van der Waals surface area contributed by atoms with Crippen LogP contribution in [-0.4, -0.2) is 54.8 Å². The van der Waals surface area contributed by atoms with E-state index in [1.54, 1.807) is 6.92 Å². The first-order chi connectivity index (χ1) is 11.7. The number of hydrogen-bond acceptors (Lipinski definition) is 7. The molecule has 1 N–H and O–H groups in total. The van der Waals surface area contributed by atoms with E-state index in [-0.39, 0.29) is 12.2 Å². The highest BCUT2D eigenvalue weighted by molar-refractivity contribution is 6.54. The van der Waals surface area contributed by atoms with E-state index < -0.39 is 24.4 Å². The molecule has 2 atom stereocenters. The summed E-state index contributed by atoms with van der Waals surface area (Å²) in [5.41, 5.74) is 3.10. The molecule has 0 radical (unpaired) electrons. The van der Waals surface area contributed by atoms with Gasteiger partial charge in [0, 0.05) is 6.61 Å². The largest absolute Gasteiger partial charge is 0.513 e. The van der Waals surface area contributed by atoms with E-state index in [0.717, 1.165) is 24.9 Å².